The Morgan fingerprint density at radius 1 is 1.40 bits per heavy atom. The number of nitrogens with zero attached hydrogens (tertiary/aromatic N) is 2. The largest absolute Gasteiger partial charge is 0.468 e. The summed E-state index contributed by atoms with van der Waals surface area (Å²) in [4.78, 5) is 17.5. The van der Waals surface area contributed by atoms with Crippen LogP contribution in [0.25, 0.3) is 10.9 Å². The van der Waals surface area contributed by atoms with E-state index in [1.807, 2.05) is 11.8 Å². The Labute approximate surface area is 117 Å². The van der Waals surface area contributed by atoms with Crippen LogP contribution in [-0.4, -0.2) is 36.1 Å². The number of likely N-dealkylation sites (N-methyl/N-ethyl adjacent to an activating group) is 1. The van der Waals surface area contributed by atoms with Crippen LogP contribution in [0.2, 0.25) is 0 Å². The summed E-state index contributed by atoms with van der Waals surface area (Å²) in [5.41, 5.74) is 1.53. The van der Waals surface area contributed by atoms with Crippen LogP contribution in [0.5, 0.6) is 0 Å². The number of rotatable bonds is 5. The van der Waals surface area contributed by atoms with Gasteiger partial charge in [0.2, 0.25) is 0 Å². The van der Waals surface area contributed by atoms with Gasteiger partial charge in [-0.25, -0.2) is 4.39 Å². The Kier molecular flexibility index (Phi) is 4.63. The fraction of sp³-hybridized carbons (Fsp3) is 0.333. The molecule has 0 bridgehead atoms. The van der Waals surface area contributed by atoms with Gasteiger partial charge in [-0.2, -0.15) is 0 Å². The van der Waals surface area contributed by atoms with Gasteiger partial charge in [-0.3, -0.25) is 14.7 Å². The van der Waals surface area contributed by atoms with Gasteiger partial charge >= 0.3 is 5.97 Å². The molecular weight excluding hydrogens is 259 g/mol. The summed E-state index contributed by atoms with van der Waals surface area (Å²) in [5, 5.41) is 0.499. The summed E-state index contributed by atoms with van der Waals surface area (Å²) in [7, 11) is 1.37. The molecule has 0 spiro atoms. The number of fused-ring (bicyclic) bond motifs is 1. The Morgan fingerprint density at radius 2 is 2.20 bits per heavy atom. The molecule has 4 nitrogen and oxygen atoms in total. The fourth-order valence-electron chi connectivity index (χ4n) is 2.09. The van der Waals surface area contributed by atoms with Crippen molar-refractivity contribution in [2.45, 2.75) is 13.5 Å². The smallest absolute Gasteiger partial charge is 0.319 e. The highest BCUT2D eigenvalue weighted by Gasteiger charge is 2.13. The lowest BCUT2D eigenvalue weighted by Gasteiger charge is -2.19. The van der Waals surface area contributed by atoms with E-state index in [9.17, 15) is 9.18 Å². The predicted octanol–water partition coefficient (Wildman–Crippen LogP) is 2.37. The van der Waals surface area contributed by atoms with E-state index in [0.717, 1.165) is 5.56 Å². The van der Waals surface area contributed by atoms with Gasteiger partial charge in [0, 0.05) is 18.1 Å². The van der Waals surface area contributed by atoms with Gasteiger partial charge in [-0.1, -0.05) is 13.0 Å². The van der Waals surface area contributed by atoms with Crippen LogP contribution < -0.4 is 0 Å². The van der Waals surface area contributed by atoms with Crippen LogP contribution in [0.4, 0.5) is 4.39 Å². The molecule has 0 fully saturated rings. The molecule has 0 aliphatic carbocycles. The van der Waals surface area contributed by atoms with Crippen molar-refractivity contribution in [1.29, 1.82) is 0 Å². The van der Waals surface area contributed by atoms with E-state index in [4.69, 9.17) is 0 Å². The number of benzene rings is 1. The zero-order chi connectivity index (χ0) is 14.5. The van der Waals surface area contributed by atoms with Crippen molar-refractivity contribution >= 4 is 16.9 Å². The predicted molar refractivity (Wildman–Crippen MR) is 74.7 cm³/mol. The summed E-state index contributed by atoms with van der Waals surface area (Å²) in [5.74, 6) is -0.570. The Balaban J connectivity index is 2.29. The minimum atomic E-state index is -0.286. The summed E-state index contributed by atoms with van der Waals surface area (Å²) in [6.45, 7) is 3.39. The van der Waals surface area contributed by atoms with Gasteiger partial charge in [0.05, 0.1) is 19.2 Å². The molecule has 20 heavy (non-hydrogen) atoms. The van der Waals surface area contributed by atoms with Crippen molar-refractivity contribution in [3.05, 3.63) is 41.8 Å². The van der Waals surface area contributed by atoms with Gasteiger partial charge in [-0.15, -0.1) is 0 Å². The Morgan fingerprint density at radius 3 is 2.90 bits per heavy atom. The number of carbonyl (C=O) groups is 1. The molecule has 1 aromatic carbocycles. The first kappa shape index (κ1) is 14.4. The van der Waals surface area contributed by atoms with E-state index >= 15 is 0 Å². The lowest BCUT2D eigenvalue weighted by molar-refractivity contribution is -0.142. The maximum atomic E-state index is 13.7. The first-order valence-corrected chi connectivity index (χ1v) is 6.47. The van der Waals surface area contributed by atoms with Gasteiger partial charge in [-0.05, 0) is 30.3 Å². The third-order valence-corrected chi connectivity index (χ3v) is 3.22. The third-order valence-electron chi connectivity index (χ3n) is 3.22. The van der Waals surface area contributed by atoms with Crippen LogP contribution >= 0.6 is 0 Å². The lowest BCUT2D eigenvalue weighted by atomic mass is 10.1. The van der Waals surface area contributed by atoms with Crippen molar-refractivity contribution in [3.8, 4) is 0 Å². The second-order valence-corrected chi connectivity index (χ2v) is 4.49. The molecule has 1 aromatic heterocycles. The highest BCUT2D eigenvalue weighted by molar-refractivity contribution is 5.82. The van der Waals surface area contributed by atoms with E-state index in [2.05, 4.69) is 9.72 Å². The summed E-state index contributed by atoms with van der Waals surface area (Å²) < 4.78 is 18.4. The summed E-state index contributed by atoms with van der Waals surface area (Å²) >= 11 is 0. The molecule has 0 saturated heterocycles. The minimum absolute atomic E-state index is 0.207. The van der Waals surface area contributed by atoms with E-state index in [1.165, 1.54) is 13.2 Å². The molecule has 1 heterocycles. The minimum Gasteiger partial charge on any atom is -0.468 e. The van der Waals surface area contributed by atoms with Crippen molar-refractivity contribution in [1.82, 2.24) is 9.88 Å². The summed E-state index contributed by atoms with van der Waals surface area (Å²) in [6.07, 6.45) is 1.64. The normalized spacial score (nSPS) is 11.0. The standard InChI is InChI=1S/C15H17FN2O2/c1-3-18(10-14(19)20-2)9-11-6-7-13(16)12-5-4-8-17-15(11)12/h4-8H,3,9-10H2,1-2H3. The average molecular weight is 276 g/mol. The molecule has 2 rings (SSSR count). The van der Waals surface area contributed by atoms with Crippen molar-refractivity contribution in [2.75, 3.05) is 20.2 Å². The Bertz CT molecular complexity index is 616. The third kappa shape index (κ3) is 3.11. The molecule has 0 amide bonds. The number of hydrogen-bond acceptors (Lipinski definition) is 4. The molecule has 0 saturated carbocycles. The monoisotopic (exact) mass is 276 g/mol. The van der Waals surface area contributed by atoms with E-state index < -0.39 is 0 Å². The maximum absolute atomic E-state index is 13.7. The topological polar surface area (TPSA) is 42.4 Å². The quantitative estimate of drug-likeness (QED) is 0.786. The van der Waals surface area contributed by atoms with E-state index in [1.54, 1.807) is 24.4 Å². The second-order valence-electron chi connectivity index (χ2n) is 4.49. The number of hydrogen-bond donors (Lipinski definition) is 0. The molecular formula is C15H17FN2O2. The maximum Gasteiger partial charge on any atom is 0.319 e. The SMILES string of the molecule is CCN(CC(=O)OC)Cc1ccc(F)c2cccnc12. The van der Waals surface area contributed by atoms with Gasteiger partial charge < -0.3 is 4.74 Å². The van der Waals surface area contributed by atoms with Crippen LogP contribution in [0, 0.1) is 5.82 Å². The lowest BCUT2D eigenvalue weighted by Crippen LogP contribution is -2.30. The summed E-state index contributed by atoms with van der Waals surface area (Å²) in [6, 6.07) is 6.56. The van der Waals surface area contributed by atoms with E-state index in [0.29, 0.717) is 24.0 Å². The van der Waals surface area contributed by atoms with Gasteiger partial charge in [0.15, 0.2) is 0 Å². The van der Waals surface area contributed by atoms with Crippen LogP contribution in [0.1, 0.15) is 12.5 Å². The molecule has 0 aliphatic rings. The second kappa shape index (κ2) is 6.43. The number of halogens is 1. The Hall–Kier alpha value is -2.01. The van der Waals surface area contributed by atoms with Crippen molar-refractivity contribution < 1.29 is 13.9 Å². The molecule has 0 radical (unpaired) electrons. The van der Waals surface area contributed by atoms with Gasteiger partial charge in [0.1, 0.15) is 5.82 Å². The van der Waals surface area contributed by atoms with E-state index in [-0.39, 0.29) is 18.3 Å². The number of ether oxygens (including phenoxy) is 1. The van der Waals surface area contributed by atoms with Crippen LogP contribution in [-0.2, 0) is 16.1 Å². The zero-order valence-electron chi connectivity index (χ0n) is 11.6. The van der Waals surface area contributed by atoms with Crippen molar-refractivity contribution in [2.24, 2.45) is 0 Å². The number of carbonyl (C=O) groups excluding carboxylic acids is 1. The van der Waals surface area contributed by atoms with Gasteiger partial charge in [0.25, 0.3) is 0 Å². The zero-order valence-corrected chi connectivity index (χ0v) is 11.6. The molecule has 0 unspecified atom stereocenters. The molecule has 5 heteroatoms. The van der Waals surface area contributed by atoms with Crippen LogP contribution in [0.3, 0.4) is 0 Å². The number of aromatic nitrogens is 1. The molecule has 2 aromatic rings. The van der Waals surface area contributed by atoms with Crippen molar-refractivity contribution in [3.63, 3.8) is 0 Å². The molecule has 0 atom stereocenters. The highest BCUT2D eigenvalue weighted by atomic mass is 19.1. The molecule has 0 aliphatic heterocycles. The number of methoxy groups -OCH3 is 1. The molecule has 106 valence electrons. The first-order chi connectivity index (χ1) is 9.65. The average Bonchev–Trinajstić information content (AvgIpc) is 2.49. The number of pyridine rings is 1. The highest BCUT2D eigenvalue weighted by Crippen LogP contribution is 2.20. The fourth-order valence-corrected chi connectivity index (χ4v) is 2.09. The number of esters is 1. The van der Waals surface area contributed by atoms with Crippen LogP contribution in [0.15, 0.2) is 30.5 Å². The molecule has 0 N–H and O–H groups in total. The first-order valence-electron chi connectivity index (χ1n) is 6.47.